The smallest absolute Gasteiger partial charge is 0.142 e. The van der Waals surface area contributed by atoms with Gasteiger partial charge in [-0.15, -0.1) is 0 Å². The maximum atomic E-state index is 8.91. The number of pyridine rings is 1. The highest BCUT2D eigenvalue weighted by molar-refractivity contribution is 5.41. The van der Waals surface area contributed by atoms with Crippen LogP contribution in [0.2, 0.25) is 0 Å². The van der Waals surface area contributed by atoms with Gasteiger partial charge in [0.05, 0.1) is 0 Å². The highest BCUT2D eigenvalue weighted by atomic mass is 15.2. The van der Waals surface area contributed by atoms with Gasteiger partial charge in [-0.1, -0.05) is 13.0 Å². The Hall–Kier alpha value is -1.60. The van der Waals surface area contributed by atoms with Crippen LogP contribution in [0.5, 0.6) is 0 Å². The number of anilines is 1. The van der Waals surface area contributed by atoms with Gasteiger partial charge in [-0.2, -0.15) is 5.26 Å². The summed E-state index contributed by atoms with van der Waals surface area (Å²) in [5, 5.41) is 12.4. The first-order valence-corrected chi connectivity index (χ1v) is 6.69. The molecule has 96 valence electrons. The molecule has 1 N–H and O–H groups in total. The molecule has 0 amide bonds. The fraction of sp³-hybridized carbons (Fsp3) is 0.571. The molecule has 1 aliphatic heterocycles. The van der Waals surface area contributed by atoms with Crippen molar-refractivity contribution in [1.82, 2.24) is 10.3 Å². The molecule has 1 saturated heterocycles. The van der Waals surface area contributed by atoms with Crippen molar-refractivity contribution in [3.63, 3.8) is 0 Å². The third-order valence-electron chi connectivity index (χ3n) is 3.27. The maximum Gasteiger partial charge on any atom is 0.142 e. The van der Waals surface area contributed by atoms with Gasteiger partial charge in [-0.3, -0.25) is 0 Å². The molecule has 4 nitrogen and oxygen atoms in total. The lowest BCUT2D eigenvalue weighted by molar-refractivity contribution is 0.575. The van der Waals surface area contributed by atoms with Gasteiger partial charge < -0.3 is 10.2 Å². The quantitative estimate of drug-likeness (QED) is 0.859. The Morgan fingerprint density at radius 3 is 3.11 bits per heavy atom. The molecule has 2 rings (SSSR count). The number of hydrogen-bond acceptors (Lipinski definition) is 4. The van der Waals surface area contributed by atoms with Crippen molar-refractivity contribution < 1.29 is 0 Å². The predicted octanol–water partition coefficient (Wildman–Crippen LogP) is 1.92. The zero-order valence-corrected chi connectivity index (χ0v) is 10.9. The maximum absolute atomic E-state index is 8.91. The van der Waals surface area contributed by atoms with Crippen LogP contribution in [-0.4, -0.2) is 30.7 Å². The molecule has 0 radical (unpaired) electrons. The van der Waals surface area contributed by atoms with E-state index in [1.54, 1.807) is 6.07 Å². The van der Waals surface area contributed by atoms with Crippen LogP contribution in [0.15, 0.2) is 18.2 Å². The summed E-state index contributed by atoms with van der Waals surface area (Å²) in [6, 6.07) is 8.32. The summed E-state index contributed by atoms with van der Waals surface area (Å²) in [4.78, 5) is 6.67. The predicted molar refractivity (Wildman–Crippen MR) is 72.5 cm³/mol. The number of rotatable bonds is 5. The van der Waals surface area contributed by atoms with Crippen LogP contribution >= 0.6 is 0 Å². The minimum absolute atomic E-state index is 0.494. The van der Waals surface area contributed by atoms with Gasteiger partial charge in [0.1, 0.15) is 17.6 Å². The molecule has 0 spiro atoms. The van der Waals surface area contributed by atoms with Gasteiger partial charge in [0, 0.05) is 19.1 Å². The topological polar surface area (TPSA) is 52.0 Å². The van der Waals surface area contributed by atoms with Crippen molar-refractivity contribution >= 4 is 5.82 Å². The third kappa shape index (κ3) is 3.21. The van der Waals surface area contributed by atoms with Crippen LogP contribution in [0, 0.1) is 11.3 Å². The Morgan fingerprint density at radius 2 is 2.44 bits per heavy atom. The molecule has 18 heavy (non-hydrogen) atoms. The van der Waals surface area contributed by atoms with Gasteiger partial charge in [0.25, 0.3) is 0 Å². The summed E-state index contributed by atoms with van der Waals surface area (Å²) < 4.78 is 0. The van der Waals surface area contributed by atoms with Crippen molar-refractivity contribution in [3.05, 3.63) is 23.9 Å². The van der Waals surface area contributed by atoms with E-state index in [1.165, 1.54) is 12.8 Å². The lowest BCUT2D eigenvalue weighted by Crippen LogP contribution is -2.38. The van der Waals surface area contributed by atoms with E-state index in [0.717, 1.165) is 31.9 Å². The van der Waals surface area contributed by atoms with Crippen molar-refractivity contribution in [3.8, 4) is 6.07 Å². The number of nitriles is 1. The first-order valence-electron chi connectivity index (χ1n) is 6.69. The molecule has 1 fully saturated rings. The van der Waals surface area contributed by atoms with E-state index in [0.29, 0.717) is 11.7 Å². The molecule has 0 aromatic carbocycles. The van der Waals surface area contributed by atoms with E-state index in [9.17, 15) is 0 Å². The van der Waals surface area contributed by atoms with Crippen LogP contribution in [0.3, 0.4) is 0 Å². The van der Waals surface area contributed by atoms with E-state index in [-0.39, 0.29) is 0 Å². The molecule has 1 atom stereocenters. The molecule has 1 aromatic rings. The average Bonchev–Trinajstić information content (AvgIpc) is 2.91. The molecular formula is C14H20N4. The Balaban J connectivity index is 2.09. The monoisotopic (exact) mass is 244 g/mol. The summed E-state index contributed by atoms with van der Waals surface area (Å²) in [6.45, 7) is 5.26. The Labute approximate surface area is 109 Å². The molecular weight excluding hydrogens is 224 g/mol. The molecule has 1 aliphatic rings. The van der Waals surface area contributed by atoms with Crippen molar-refractivity contribution in [2.75, 3.05) is 24.5 Å². The standard InChI is InChI=1S/C14H20N4/c1-2-9-18(11-13-6-4-8-16-13)14-7-3-5-12(10-15)17-14/h3,5,7,13,16H,2,4,6,8-9,11H2,1H3. The Bertz CT molecular complexity index is 418. The minimum Gasteiger partial charge on any atom is -0.355 e. The van der Waals surface area contributed by atoms with Gasteiger partial charge in [0.15, 0.2) is 0 Å². The SMILES string of the molecule is CCCN(CC1CCCN1)c1cccc(C#N)n1. The first-order chi connectivity index (χ1) is 8.83. The number of nitrogens with one attached hydrogen (secondary N) is 1. The van der Waals surface area contributed by atoms with Crippen LogP contribution in [0.25, 0.3) is 0 Å². The van der Waals surface area contributed by atoms with E-state index < -0.39 is 0 Å². The summed E-state index contributed by atoms with van der Waals surface area (Å²) in [6.07, 6.45) is 3.58. The van der Waals surface area contributed by atoms with Crippen LogP contribution < -0.4 is 10.2 Å². The highest BCUT2D eigenvalue weighted by Crippen LogP contribution is 2.15. The molecule has 0 aliphatic carbocycles. The molecule has 1 aromatic heterocycles. The minimum atomic E-state index is 0.494. The average molecular weight is 244 g/mol. The van der Waals surface area contributed by atoms with E-state index >= 15 is 0 Å². The van der Waals surface area contributed by atoms with Crippen LogP contribution in [-0.2, 0) is 0 Å². The van der Waals surface area contributed by atoms with E-state index in [4.69, 9.17) is 5.26 Å². The zero-order chi connectivity index (χ0) is 12.8. The lowest BCUT2D eigenvalue weighted by Gasteiger charge is -2.26. The van der Waals surface area contributed by atoms with Gasteiger partial charge in [0.2, 0.25) is 0 Å². The number of hydrogen-bond donors (Lipinski definition) is 1. The summed E-state index contributed by atoms with van der Waals surface area (Å²) >= 11 is 0. The van der Waals surface area contributed by atoms with Crippen molar-refractivity contribution in [2.45, 2.75) is 32.2 Å². The normalized spacial score (nSPS) is 18.6. The second-order valence-corrected chi connectivity index (χ2v) is 4.73. The van der Waals surface area contributed by atoms with Crippen LogP contribution in [0.4, 0.5) is 5.82 Å². The van der Waals surface area contributed by atoms with Crippen molar-refractivity contribution in [2.24, 2.45) is 0 Å². The second kappa shape index (κ2) is 6.36. The fourth-order valence-electron chi connectivity index (χ4n) is 2.41. The molecule has 4 heteroatoms. The largest absolute Gasteiger partial charge is 0.355 e. The van der Waals surface area contributed by atoms with Gasteiger partial charge >= 0.3 is 0 Å². The van der Waals surface area contributed by atoms with Gasteiger partial charge in [-0.25, -0.2) is 4.98 Å². The van der Waals surface area contributed by atoms with E-state index in [1.807, 2.05) is 12.1 Å². The molecule has 1 unspecified atom stereocenters. The Morgan fingerprint density at radius 1 is 1.56 bits per heavy atom. The third-order valence-corrected chi connectivity index (χ3v) is 3.27. The summed E-state index contributed by atoms with van der Waals surface area (Å²) in [7, 11) is 0. The number of aromatic nitrogens is 1. The first kappa shape index (κ1) is 12.8. The summed E-state index contributed by atoms with van der Waals surface area (Å²) in [5.41, 5.74) is 0.494. The Kier molecular flexibility index (Phi) is 4.54. The fourth-order valence-corrected chi connectivity index (χ4v) is 2.41. The van der Waals surface area contributed by atoms with Gasteiger partial charge in [-0.05, 0) is 37.9 Å². The molecule has 2 heterocycles. The van der Waals surface area contributed by atoms with Crippen LogP contribution in [0.1, 0.15) is 31.9 Å². The zero-order valence-electron chi connectivity index (χ0n) is 10.9. The highest BCUT2D eigenvalue weighted by Gasteiger charge is 2.18. The number of nitrogens with zero attached hydrogens (tertiary/aromatic N) is 3. The van der Waals surface area contributed by atoms with Crippen molar-refractivity contribution in [1.29, 1.82) is 5.26 Å². The molecule has 0 saturated carbocycles. The lowest BCUT2D eigenvalue weighted by atomic mass is 10.2. The summed E-state index contributed by atoms with van der Waals surface area (Å²) in [5.74, 6) is 0.921. The van der Waals surface area contributed by atoms with E-state index in [2.05, 4.69) is 28.2 Å². The second-order valence-electron chi connectivity index (χ2n) is 4.73. The molecule has 0 bridgehead atoms.